The van der Waals surface area contributed by atoms with E-state index >= 15 is 0 Å². The number of esters is 2. The molecular formula is C7H10O5. The number of rotatable bonds is 3. The van der Waals surface area contributed by atoms with E-state index in [0.717, 1.165) is 6.08 Å². The minimum atomic E-state index is -1.65. The third-order valence-corrected chi connectivity index (χ3v) is 0.949. The maximum atomic E-state index is 10.6. The normalized spacial score (nSPS) is 12.9. The van der Waals surface area contributed by atoms with Gasteiger partial charge >= 0.3 is 11.9 Å². The van der Waals surface area contributed by atoms with Crippen molar-refractivity contribution < 1.29 is 24.5 Å². The zero-order chi connectivity index (χ0) is 9.56. The van der Waals surface area contributed by atoms with Gasteiger partial charge in [0.15, 0.2) is 6.10 Å². The summed E-state index contributed by atoms with van der Waals surface area (Å²) in [6, 6.07) is 0. The zero-order valence-electron chi connectivity index (χ0n) is 6.56. The minimum Gasteiger partial charge on any atom is -0.393 e. The Morgan fingerprint density at radius 2 is 2.17 bits per heavy atom. The topological polar surface area (TPSA) is 83.8 Å². The summed E-state index contributed by atoms with van der Waals surface area (Å²) in [6.07, 6.45) is 0.766. The van der Waals surface area contributed by atoms with E-state index in [1.54, 1.807) is 6.92 Å². The van der Waals surface area contributed by atoms with E-state index in [1.165, 1.54) is 6.08 Å². The van der Waals surface area contributed by atoms with Crippen molar-refractivity contribution in [1.82, 2.24) is 0 Å². The highest BCUT2D eigenvalue weighted by atomic mass is 16.6. The first-order valence-corrected chi connectivity index (χ1v) is 3.29. The SMILES string of the molecule is CC=CC(=O)OC(=O)C(O)CO. The number of allylic oxidation sites excluding steroid dienone is 1. The summed E-state index contributed by atoms with van der Waals surface area (Å²) in [4.78, 5) is 21.1. The number of hydrogen-bond donors (Lipinski definition) is 2. The summed E-state index contributed by atoms with van der Waals surface area (Å²) in [5.74, 6) is -2.02. The van der Waals surface area contributed by atoms with Crippen molar-refractivity contribution in [2.45, 2.75) is 13.0 Å². The van der Waals surface area contributed by atoms with E-state index in [2.05, 4.69) is 4.74 Å². The third kappa shape index (κ3) is 3.85. The quantitative estimate of drug-likeness (QED) is 0.325. The molecule has 0 spiro atoms. The van der Waals surface area contributed by atoms with E-state index in [4.69, 9.17) is 10.2 Å². The summed E-state index contributed by atoms with van der Waals surface area (Å²) in [5.41, 5.74) is 0. The van der Waals surface area contributed by atoms with Crippen molar-refractivity contribution in [3.05, 3.63) is 12.2 Å². The van der Waals surface area contributed by atoms with Gasteiger partial charge in [0.25, 0.3) is 0 Å². The van der Waals surface area contributed by atoms with Gasteiger partial charge in [-0.3, -0.25) is 0 Å². The molecule has 0 aliphatic rings. The second-order valence-electron chi connectivity index (χ2n) is 1.94. The summed E-state index contributed by atoms with van der Waals surface area (Å²) < 4.78 is 4.07. The molecule has 0 saturated heterocycles. The van der Waals surface area contributed by atoms with E-state index in [0.29, 0.717) is 0 Å². The Morgan fingerprint density at radius 1 is 1.58 bits per heavy atom. The lowest BCUT2D eigenvalue weighted by molar-refractivity contribution is -0.164. The van der Waals surface area contributed by atoms with Crippen molar-refractivity contribution in [1.29, 1.82) is 0 Å². The summed E-state index contributed by atoms with van der Waals surface area (Å²) in [7, 11) is 0. The molecule has 2 N–H and O–H groups in total. The molecule has 5 heteroatoms. The van der Waals surface area contributed by atoms with Gasteiger partial charge in [-0.05, 0) is 6.92 Å². The lowest BCUT2D eigenvalue weighted by Gasteiger charge is -2.03. The van der Waals surface area contributed by atoms with Crippen LogP contribution in [0.5, 0.6) is 0 Å². The van der Waals surface area contributed by atoms with Crippen molar-refractivity contribution >= 4 is 11.9 Å². The zero-order valence-corrected chi connectivity index (χ0v) is 6.56. The molecular weight excluding hydrogens is 164 g/mol. The fourth-order valence-electron chi connectivity index (χ4n) is 0.412. The molecule has 0 aliphatic heterocycles. The second kappa shape index (κ2) is 5.45. The first-order valence-electron chi connectivity index (χ1n) is 3.29. The van der Waals surface area contributed by atoms with Crippen LogP contribution >= 0.6 is 0 Å². The summed E-state index contributed by atoms with van der Waals surface area (Å²) in [5, 5.41) is 16.9. The molecule has 0 fully saturated rings. The van der Waals surface area contributed by atoms with Crippen LogP contribution in [0.3, 0.4) is 0 Å². The lowest BCUT2D eigenvalue weighted by atomic mass is 10.4. The monoisotopic (exact) mass is 174 g/mol. The molecule has 0 aromatic rings. The van der Waals surface area contributed by atoms with Gasteiger partial charge in [0.2, 0.25) is 0 Å². The summed E-state index contributed by atoms with van der Waals surface area (Å²) >= 11 is 0. The number of hydrogen-bond acceptors (Lipinski definition) is 5. The standard InChI is InChI=1S/C7H10O5/c1-2-3-6(10)12-7(11)5(9)4-8/h2-3,5,8-9H,4H2,1H3. The molecule has 1 unspecified atom stereocenters. The molecule has 0 amide bonds. The summed E-state index contributed by atoms with van der Waals surface area (Å²) in [6.45, 7) is 0.816. The number of ether oxygens (including phenoxy) is 1. The van der Waals surface area contributed by atoms with Crippen LogP contribution in [0.2, 0.25) is 0 Å². The van der Waals surface area contributed by atoms with E-state index in [-0.39, 0.29) is 0 Å². The minimum absolute atomic E-state index is 0.762. The third-order valence-electron chi connectivity index (χ3n) is 0.949. The average Bonchev–Trinajstić information content (AvgIpc) is 2.03. The molecule has 0 rings (SSSR count). The van der Waals surface area contributed by atoms with Gasteiger partial charge < -0.3 is 14.9 Å². The molecule has 0 bridgehead atoms. The van der Waals surface area contributed by atoms with Gasteiger partial charge in [-0.1, -0.05) is 6.08 Å². The average molecular weight is 174 g/mol. The Balaban J connectivity index is 3.92. The molecule has 68 valence electrons. The number of carbonyl (C=O) groups is 2. The Bertz CT molecular complexity index is 196. The van der Waals surface area contributed by atoms with Crippen molar-refractivity contribution in [3.63, 3.8) is 0 Å². The highest BCUT2D eigenvalue weighted by molar-refractivity contribution is 5.93. The van der Waals surface area contributed by atoms with Gasteiger partial charge in [0, 0.05) is 6.08 Å². The van der Waals surface area contributed by atoms with Gasteiger partial charge in [-0.15, -0.1) is 0 Å². The van der Waals surface area contributed by atoms with Crippen molar-refractivity contribution in [3.8, 4) is 0 Å². The van der Waals surface area contributed by atoms with Gasteiger partial charge in [0.05, 0.1) is 6.61 Å². The van der Waals surface area contributed by atoms with E-state index < -0.39 is 24.6 Å². The molecule has 0 saturated carbocycles. The van der Waals surface area contributed by atoms with E-state index in [9.17, 15) is 9.59 Å². The van der Waals surface area contributed by atoms with Crippen LogP contribution in [0.1, 0.15) is 6.92 Å². The van der Waals surface area contributed by atoms with Crippen molar-refractivity contribution in [2.75, 3.05) is 6.61 Å². The lowest BCUT2D eigenvalue weighted by Crippen LogP contribution is -2.28. The van der Waals surface area contributed by atoms with E-state index in [1.807, 2.05) is 0 Å². The fourth-order valence-corrected chi connectivity index (χ4v) is 0.412. The fraction of sp³-hybridized carbons (Fsp3) is 0.429. The molecule has 0 heterocycles. The Kier molecular flexibility index (Phi) is 4.91. The smallest absolute Gasteiger partial charge is 0.345 e. The van der Waals surface area contributed by atoms with Gasteiger partial charge in [-0.2, -0.15) is 0 Å². The van der Waals surface area contributed by atoms with Gasteiger partial charge in [0.1, 0.15) is 0 Å². The molecule has 5 nitrogen and oxygen atoms in total. The molecule has 0 aromatic heterocycles. The largest absolute Gasteiger partial charge is 0.393 e. The van der Waals surface area contributed by atoms with Gasteiger partial charge in [-0.25, -0.2) is 9.59 Å². The Morgan fingerprint density at radius 3 is 2.58 bits per heavy atom. The highest BCUT2D eigenvalue weighted by Crippen LogP contribution is 1.89. The molecule has 0 radical (unpaired) electrons. The maximum Gasteiger partial charge on any atom is 0.345 e. The van der Waals surface area contributed by atoms with Crippen LogP contribution in [0.4, 0.5) is 0 Å². The predicted octanol–water partition coefficient (Wildman–Crippen LogP) is -1.01. The first kappa shape index (κ1) is 10.8. The Labute approximate surface area is 69.3 Å². The van der Waals surface area contributed by atoms with Crippen LogP contribution < -0.4 is 0 Å². The predicted molar refractivity (Wildman–Crippen MR) is 39.0 cm³/mol. The van der Waals surface area contributed by atoms with Crippen LogP contribution in [0.15, 0.2) is 12.2 Å². The van der Waals surface area contributed by atoms with Crippen LogP contribution in [0.25, 0.3) is 0 Å². The molecule has 1 atom stereocenters. The first-order chi connectivity index (χ1) is 5.61. The van der Waals surface area contributed by atoms with Crippen LogP contribution in [-0.2, 0) is 14.3 Å². The Hall–Kier alpha value is -1.20. The number of aliphatic hydroxyl groups is 2. The maximum absolute atomic E-state index is 10.6. The van der Waals surface area contributed by atoms with Crippen molar-refractivity contribution in [2.24, 2.45) is 0 Å². The second-order valence-corrected chi connectivity index (χ2v) is 1.94. The molecule has 0 aliphatic carbocycles. The number of aliphatic hydroxyl groups excluding tert-OH is 2. The van der Waals surface area contributed by atoms with Crippen LogP contribution in [0, 0.1) is 0 Å². The molecule has 0 aromatic carbocycles. The molecule has 12 heavy (non-hydrogen) atoms. The highest BCUT2D eigenvalue weighted by Gasteiger charge is 2.17. The van der Waals surface area contributed by atoms with Crippen LogP contribution in [-0.4, -0.2) is 34.9 Å². The number of carbonyl (C=O) groups excluding carboxylic acids is 2.